The molecule has 0 amide bonds. The predicted molar refractivity (Wildman–Crippen MR) is 90.4 cm³/mol. The third-order valence-corrected chi connectivity index (χ3v) is 5.81. The van der Waals surface area contributed by atoms with Crippen molar-refractivity contribution in [2.75, 3.05) is 4.72 Å². The van der Waals surface area contributed by atoms with E-state index in [1.807, 2.05) is 0 Å². The maximum absolute atomic E-state index is 11.0. The van der Waals surface area contributed by atoms with E-state index in [4.69, 9.17) is 0 Å². The van der Waals surface area contributed by atoms with Gasteiger partial charge in [0.25, 0.3) is 0 Å². The fraction of sp³-hybridized carbons (Fsp3) is 0.353. The molecule has 3 rings (SSSR count). The number of anilines is 1. The summed E-state index contributed by atoms with van der Waals surface area (Å²) in [6, 6.07) is 10.4. The number of carboxylic acids is 1. The van der Waals surface area contributed by atoms with Crippen molar-refractivity contribution in [3.8, 4) is 0 Å². The predicted octanol–water partition coefficient (Wildman–Crippen LogP) is 1.28. The number of nitrogens with one attached hydrogen (secondary N) is 1. The minimum atomic E-state index is -1.13. The number of carbonyl (C=O) groups excluding carboxylic acids is 1. The molecule has 1 aliphatic carbocycles. The summed E-state index contributed by atoms with van der Waals surface area (Å²) < 4.78 is 3.10. The van der Waals surface area contributed by atoms with Gasteiger partial charge in [0.15, 0.2) is 0 Å². The summed E-state index contributed by atoms with van der Waals surface area (Å²) in [5.41, 5.74) is 2.03. The molecular weight excluding hydrogens is 337 g/mol. The van der Waals surface area contributed by atoms with Gasteiger partial charge in [-0.25, -0.2) is 0 Å². The molecule has 1 N–H and O–H groups in total. The van der Waals surface area contributed by atoms with E-state index in [0.29, 0.717) is 11.6 Å². The van der Waals surface area contributed by atoms with Gasteiger partial charge in [-0.15, -0.1) is 11.3 Å². The molecule has 2 aromatic rings. The van der Waals surface area contributed by atoms with E-state index in [-0.39, 0.29) is 34.4 Å². The van der Waals surface area contributed by atoms with Crippen LogP contribution in [-0.2, 0) is 0 Å². The Balaban J connectivity index is 0.00000192. The molecule has 0 spiro atoms. The van der Waals surface area contributed by atoms with Crippen molar-refractivity contribution in [3.63, 3.8) is 0 Å². The third-order valence-electron chi connectivity index (χ3n) is 4.09. The standard InChI is InChI=1S/C17H19NO2S2.Na/c19-17(20)16-15(10-11-21-16)18-22-14-8-6-13(7-9-14)12-4-2-1-3-5-12;/h6-12,18H,1-5H2,(H,19,20);/q;+1/p-1. The Morgan fingerprint density at radius 1 is 1.13 bits per heavy atom. The molecule has 0 atom stereocenters. The van der Waals surface area contributed by atoms with E-state index in [9.17, 15) is 9.90 Å². The van der Waals surface area contributed by atoms with Crippen molar-refractivity contribution < 1.29 is 39.5 Å². The zero-order valence-electron chi connectivity index (χ0n) is 13.2. The van der Waals surface area contributed by atoms with Gasteiger partial charge in [0.05, 0.1) is 16.5 Å². The average molecular weight is 355 g/mol. The number of rotatable bonds is 5. The molecule has 0 radical (unpaired) electrons. The Morgan fingerprint density at radius 2 is 1.83 bits per heavy atom. The first-order valence-electron chi connectivity index (χ1n) is 7.55. The van der Waals surface area contributed by atoms with Crippen LogP contribution >= 0.6 is 23.3 Å². The molecular formula is C17H18NNaO2S2. The first-order chi connectivity index (χ1) is 10.7. The molecule has 1 aromatic carbocycles. The van der Waals surface area contributed by atoms with Crippen molar-refractivity contribution in [3.05, 3.63) is 46.2 Å². The van der Waals surface area contributed by atoms with Gasteiger partial charge in [-0.3, -0.25) is 0 Å². The Kier molecular flexibility index (Phi) is 7.50. The van der Waals surface area contributed by atoms with Gasteiger partial charge in [-0.2, -0.15) is 0 Å². The molecule has 1 heterocycles. The summed E-state index contributed by atoms with van der Waals surface area (Å²) in [6.07, 6.45) is 6.65. The summed E-state index contributed by atoms with van der Waals surface area (Å²) in [6.45, 7) is 0. The fourth-order valence-electron chi connectivity index (χ4n) is 2.91. The molecule has 1 aromatic heterocycles. The van der Waals surface area contributed by atoms with Crippen LogP contribution in [0.3, 0.4) is 0 Å². The van der Waals surface area contributed by atoms with E-state index >= 15 is 0 Å². The Morgan fingerprint density at radius 3 is 2.48 bits per heavy atom. The van der Waals surface area contributed by atoms with Gasteiger partial charge in [0.2, 0.25) is 0 Å². The van der Waals surface area contributed by atoms with Crippen LogP contribution in [0.4, 0.5) is 5.69 Å². The Labute approximate surface area is 167 Å². The fourth-order valence-corrected chi connectivity index (χ4v) is 4.32. The normalized spacial score (nSPS) is 15.0. The largest absolute Gasteiger partial charge is 1.00 e. The van der Waals surface area contributed by atoms with Crippen LogP contribution in [0.5, 0.6) is 0 Å². The number of hydrogen-bond acceptors (Lipinski definition) is 5. The van der Waals surface area contributed by atoms with E-state index in [1.165, 1.54) is 61.0 Å². The van der Waals surface area contributed by atoms with E-state index in [1.54, 1.807) is 11.4 Å². The van der Waals surface area contributed by atoms with Crippen molar-refractivity contribution in [2.45, 2.75) is 42.9 Å². The van der Waals surface area contributed by atoms with Crippen LogP contribution in [0.15, 0.2) is 40.6 Å². The van der Waals surface area contributed by atoms with Gasteiger partial charge < -0.3 is 14.6 Å². The zero-order valence-corrected chi connectivity index (χ0v) is 16.8. The van der Waals surface area contributed by atoms with Crippen LogP contribution < -0.4 is 39.4 Å². The first-order valence-corrected chi connectivity index (χ1v) is 9.25. The van der Waals surface area contributed by atoms with Crippen LogP contribution in [0.25, 0.3) is 0 Å². The molecule has 23 heavy (non-hydrogen) atoms. The van der Waals surface area contributed by atoms with Crippen LogP contribution in [-0.4, -0.2) is 5.97 Å². The van der Waals surface area contributed by atoms with Gasteiger partial charge in [-0.1, -0.05) is 31.4 Å². The molecule has 1 saturated carbocycles. The van der Waals surface area contributed by atoms with Crippen molar-refractivity contribution in [2.24, 2.45) is 0 Å². The number of aromatic carboxylic acids is 1. The van der Waals surface area contributed by atoms with Crippen molar-refractivity contribution >= 4 is 34.9 Å². The number of carboxylic acid groups (broad SMARTS) is 1. The monoisotopic (exact) mass is 355 g/mol. The zero-order chi connectivity index (χ0) is 15.4. The van der Waals surface area contributed by atoms with E-state index < -0.39 is 5.97 Å². The number of thiophene rings is 1. The van der Waals surface area contributed by atoms with Crippen molar-refractivity contribution in [1.29, 1.82) is 0 Å². The summed E-state index contributed by atoms with van der Waals surface area (Å²) >= 11 is 2.61. The summed E-state index contributed by atoms with van der Waals surface area (Å²) in [7, 11) is 0. The first kappa shape index (κ1) is 18.9. The average Bonchev–Trinajstić information content (AvgIpc) is 3.03. The summed E-state index contributed by atoms with van der Waals surface area (Å²) in [4.78, 5) is 12.3. The second-order valence-corrected chi connectivity index (χ2v) is 7.35. The van der Waals surface area contributed by atoms with Gasteiger partial charge in [0.1, 0.15) is 0 Å². The third kappa shape index (κ3) is 5.00. The van der Waals surface area contributed by atoms with Crippen LogP contribution in [0.1, 0.15) is 53.3 Å². The quantitative estimate of drug-likeness (QED) is 0.649. The molecule has 0 saturated heterocycles. The molecule has 116 valence electrons. The molecule has 0 bridgehead atoms. The van der Waals surface area contributed by atoms with Crippen LogP contribution in [0.2, 0.25) is 0 Å². The Hall–Kier alpha value is -0.460. The van der Waals surface area contributed by atoms with E-state index in [0.717, 1.165) is 4.90 Å². The molecule has 1 fully saturated rings. The van der Waals surface area contributed by atoms with Gasteiger partial charge in [-0.05, 0) is 59.9 Å². The number of hydrogen-bond donors (Lipinski definition) is 1. The second-order valence-electron chi connectivity index (χ2n) is 5.56. The van der Waals surface area contributed by atoms with E-state index in [2.05, 4.69) is 29.0 Å². The van der Waals surface area contributed by atoms with Gasteiger partial charge in [0, 0.05) is 4.90 Å². The maximum atomic E-state index is 11.0. The second kappa shape index (κ2) is 9.14. The summed E-state index contributed by atoms with van der Waals surface area (Å²) in [5.74, 6) is -0.423. The molecule has 1 aliphatic rings. The minimum Gasteiger partial charge on any atom is -0.544 e. The van der Waals surface area contributed by atoms with Crippen LogP contribution in [0, 0.1) is 0 Å². The molecule has 0 unspecified atom stereocenters. The molecule has 3 nitrogen and oxygen atoms in total. The maximum Gasteiger partial charge on any atom is 1.00 e. The minimum absolute atomic E-state index is 0. The Bertz CT molecular complexity index is 636. The van der Waals surface area contributed by atoms with Gasteiger partial charge >= 0.3 is 29.6 Å². The molecule has 0 aliphatic heterocycles. The number of benzene rings is 1. The SMILES string of the molecule is O=C([O-])c1sccc1NSc1ccc(C2CCCCC2)cc1.[Na+]. The molecule has 6 heteroatoms. The number of carbonyl (C=O) groups is 1. The van der Waals surface area contributed by atoms with Crippen molar-refractivity contribution in [1.82, 2.24) is 0 Å². The smallest absolute Gasteiger partial charge is 0.544 e. The summed E-state index contributed by atoms with van der Waals surface area (Å²) in [5, 5.41) is 12.7. The topological polar surface area (TPSA) is 52.2 Å².